The average Bonchev–Trinajstić information content (AvgIpc) is 2.47. The monoisotopic (exact) mass is 278 g/mol. The number of nitrogens with zero attached hydrogens (tertiary/aromatic N) is 2. The second-order valence-corrected chi connectivity index (χ2v) is 4.72. The number of aliphatic hydroxyl groups is 1. The van der Waals surface area contributed by atoms with Gasteiger partial charge in [0.1, 0.15) is 0 Å². The van der Waals surface area contributed by atoms with Crippen LogP contribution in [-0.2, 0) is 11.3 Å². The Labute approximate surface area is 117 Å². The number of rotatable bonds is 5. The molecule has 0 aliphatic carbocycles. The molecule has 6 heteroatoms. The van der Waals surface area contributed by atoms with Gasteiger partial charge in [0.05, 0.1) is 23.7 Å². The Morgan fingerprint density at radius 2 is 2.30 bits per heavy atom. The highest BCUT2D eigenvalue weighted by atomic mass is 16.6. The zero-order chi connectivity index (χ0) is 14.5. The number of hydrogen-bond acceptors (Lipinski definition) is 5. The fraction of sp³-hybridized carbons (Fsp3) is 0.429. The normalized spacial score (nSPS) is 15.1. The predicted molar refractivity (Wildman–Crippen MR) is 75.8 cm³/mol. The zero-order valence-corrected chi connectivity index (χ0v) is 11.4. The standard InChI is InChI=1S/C14H18N2O4/c1-20-10-11-4-6-15(7-5-11)13-2-3-14(16(18)19)12(8-13)9-17/h2-4,8,17H,5-7,9-10H2,1H3. The minimum absolute atomic E-state index is 0.0381. The molecule has 1 heterocycles. The van der Waals surface area contributed by atoms with Gasteiger partial charge >= 0.3 is 0 Å². The molecule has 20 heavy (non-hydrogen) atoms. The van der Waals surface area contributed by atoms with Crippen molar-refractivity contribution < 1.29 is 14.8 Å². The fourth-order valence-corrected chi connectivity index (χ4v) is 2.34. The lowest BCUT2D eigenvalue weighted by Gasteiger charge is -2.28. The van der Waals surface area contributed by atoms with Crippen molar-refractivity contribution >= 4 is 11.4 Å². The molecule has 0 saturated heterocycles. The molecule has 0 atom stereocenters. The van der Waals surface area contributed by atoms with Gasteiger partial charge in [-0.1, -0.05) is 6.08 Å². The van der Waals surface area contributed by atoms with Crippen LogP contribution in [0.3, 0.4) is 0 Å². The number of nitro groups is 1. The maximum atomic E-state index is 10.8. The molecular weight excluding hydrogens is 260 g/mol. The summed E-state index contributed by atoms with van der Waals surface area (Å²) in [6, 6.07) is 4.87. The van der Waals surface area contributed by atoms with Crippen LogP contribution in [0.25, 0.3) is 0 Å². The highest BCUT2D eigenvalue weighted by Crippen LogP contribution is 2.26. The van der Waals surface area contributed by atoms with E-state index in [9.17, 15) is 15.2 Å². The molecule has 0 unspecified atom stereocenters. The van der Waals surface area contributed by atoms with E-state index in [1.54, 1.807) is 19.2 Å². The van der Waals surface area contributed by atoms with Gasteiger partial charge in [-0.05, 0) is 24.1 Å². The summed E-state index contributed by atoms with van der Waals surface area (Å²) in [6.45, 7) is 1.91. The van der Waals surface area contributed by atoms with E-state index >= 15 is 0 Å². The molecule has 0 bridgehead atoms. The summed E-state index contributed by atoms with van der Waals surface area (Å²) in [5.41, 5.74) is 2.48. The van der Waals surface area contributed by atoms with Crippen molar-refractivity contribution in [2.45, 2.75) is 13.0 Å². The molecule has 0 spiro atoms. The second-order valence-electron chi connectivity index (χ2n) is 4.72. The summed E-state index contributed by atoms with van der Waals surface area (Å²) >= 11 is 0. The van der Waals surface area contributed by atoms with Gasteiger partial charge in [0, 0.05) is 32.0 Å². The van der Waals surface area contributed by atoms with Crippen molar-refractivity contribution in [2.75, 3.05) is 31.7 Å². The molecule has 1 N–H and O–H groups in total. The number of aliphatic hydroxyl groups excluding tert-OH is 1. The molecular formula is C14H18N2O4. The molecule has 0 fully saturated rings. The highest BCUT2D eigenvalue weighted by Gasteiger charge is 2.17. The highest BCUT2D eigenvalue weighted by molar-refractivity contribution is 5.56. The minimum atomic E-state index is -0.470. The quantitative estimate of drug-likeness (QED) is 0.505. The van der Waals surface area contributed by atoms with Gasteiger partial charge in [0.15, 0.2) is 0 Å². The number of ether oxygens (including phenoxy) is 1. The molecule has 0 amide bonds. The molecule has 0 radical (unpaired) electrons. The van der Waals surface area contributed by atoms with Crippen LogP contribution in [-0.4, -0.2) is 36.8 Å². The molecule has 2 rings (SSSR count). The molecule has 1 aromatic rings. The summed E-state index contributed by atoms with van der Waals surface area (Å²) in [7, 11) is 1.68. The summed E-state index contributed by atoms with van der Waals surface area (Å²) < 4.78 is 5.11. The Bertz CT molecular complexity index is 528. The molecule has 1 aliphatic rings. The van der Waals surface area contributed by atoms with Crippen molar-refractivity contribution in [3.8, 4) is 0 Å². The van der Waals surface area contributed by atoms with Crippen LogP contribution >= 0.6 is 0 Å². The summed E-state index contributed by atoms with van der Waals surface area (Å²) in [4.78, 5) is 12.5. The van der Waals surface area contributed by atoms with Gasteiger partial charge in [-0.2, -0.15) is 0 Å². The van der Waals surface area contributed by atoms with Crippen molar-refractivity contribution in [1.29, 1.82) is 0 Å². The smallest absolute Gasteiger partial charge is 0.275 e. The van der Waals surface area contributed by atoms with Gasteiger partial charge in [0.25, 0.3) is 5.69 Å². The van der Waals surface area contributed by atoms with Crippen LogP contribution in [0.4, 0.5) is 11.4 Å². The van der Waals surface area contributed by atoms with Crippen LogP contribution in [0.5, 0.6) is 0 Å². The minimum Gasteiger partial charge on any atom is -0.391 e. The lowest BCUT2D eigenvalue weighted by Crippen LogP contribution is -2.29. The van der Waals surface area contributed by atoms with Crippen molar-refractivity contribution in [3.63, 3.8) is 0 Å². The third-order valence-corrected chi connectivity index (χ3v) is 3.43. The van der Waals surface area contributed by atoms with Gasteiger partial charge in [-0.15, -0.1) is 0 Å². The first-order chi connectivity index (χ1) is 9.65. The van der Waals surface area contributed by atoms with E-state index in [0.717, 1.165) is 25.2 Å². The SMILES string of the molecule is COCC1=CCN(c2ccc([N+](=O)[O-])c(CO)c2)CC1. The Morgan fingerprint density at radius 3 is 2.85 bits per heavy atom. The van der Waals surface area contributed by atoms with Crippen LogP contribution < -0.4 is 4.90 Å². The van der Waals surface area contributed by atoms with Crippen LogP contribution in [0.15, 0.2) is 29.8 Å². The van der Waals surface area contributed by atoms with E-state index in [2.05, 4.69) is 11.0 Å². The summed E-state index contributed by atoms with van der Waals surface area (Å²) in [5.74, 6) is 0. The molecule has 108 valence electrons. The predicted octanol–water partition coefficient (Wildman–Crippen LogP) is 1.87. The number of methoxy groups -OCH3 is 1. The lowest BCUT2D eigenvalue weighted by atomic mass is 10.1. The van der Waals surface area contributed by atoms with Crippen LogP contribution in [0, 0.1) is 10.1 Å². The first-order valence-electron chi connectivity index (χ1n) is 6.45. The molecule has 6 nitrogen and oxygen atoms in total. The topological polar surface area (TPSA) is 75.8 Å². The third-order valence-electron chi connectivity index (χ3n) is 3.43. The first kappa shape index (κ1) is 14.5. The second kappa shape index (κ2) is 6.49. The largest absolute Gasteiger partial charge is 0.391 e. The maximum Gasteiger partial charge on any atom is 0.275 e. The molecule has 1 aromatic carbocycles. The number of anilines is 1. The van der Waals surface area contributed by atoms with Crippen molar-refractivity contribution in [2.24, 2.45) is 0 Å². The van der Waals surface area contributed by atoms with Crippen molar-refractivity contribution in [1.82, 2.24) is 0 Å². The van der Waals surface area contributed by atoms with Gasteiger partial charge in [-0.3, -0.25) is 10.1 Å². The maximum absolute atomic E-state index is 10.8. The summed E-state index contributed by atoms with van der Waals surface area (Å²) in [5, 5.41) is 20.1. The first-order valence-corrected chi connectivity index (χ1v) is 6.45. The zero-order valence-electron chi connectivity index (χ0n) is 11.4. The Morgan fingerprint density at radius 1 is 1.50 bits per heavy atom. The Kier molecular flexibility index (Phi) is 4.70. The van der Waals surface area contributed by atoms with Gasteiger partial charge < -0.3 is 14.7 Å². The molecule has 1 aliphatic heterocycles. The van der Waals surface area contributed by atoms with E-state index in [0.29, 0.717) is 12.2 Å². The Balaban J connectivity index is 2.16. The van der Waals surface area contributed by atoms with E-state index < -0.39 is 4.92 Å². The van der Waals surface area contributed by atoms with E-state index in [1.165, 1.54) is 11.6 Å². The van der Waals surface area contributed by atoms with Gasteiger partial charge in [-0.25, -0.2) is 0 Å². The van der Waals surface area contributed by atoms with E-state index in [4.69, 9.17) is 4.74 Å². The van der Waals surface area contributed by atoms with Crippen LogP contribution in [0.2, 0.25) is 0 Å². The number of benzene rings is 1. The van der Waals surface area contributed by atoms with Crippen molar-refractivity contribution in [3.05, 3.63) is 45.5 Å². The van der Waals surface area contributed by atoms with E-state index in [1.807, 2.05) is 0 Å². The van der Waals surface area contributed by atoms with Crippen LogP contribution in [0.1, 0.15) is 12.0 Å². The Hall–Kier alpha value is -1.92. The van der Waals surface area contributed by atoms with Gasteiger partial charge in [0.2, 0.25) is 0 Å². The average molecular weight is 278 g/mol. The van der Waals surface area contributed by atoms with E-state index in [-0.39, 0.29) is 12.3 Å². The third kappa shape index (κ3) is 3.15. The summed E-state index contributed by atoms with van der Waals surface area (Å²) in [6.07, 6.45) is 3.03. The fourth-order valence-electron chi connectivity index (χ4n) is 2.34. The molecule has 0 aromatic heterocycles. The lowest BCUT2D eigenvalue weighted by molar-refractivity contribution is -0.385. The molecule has 0 saturated carbocycles. The number of hydrogen-bond donors (Lipinski definition) is 1. The number of nitro benzene ring substituents is 1.